The molecule has 0 radical (unpaired) electrons. The summed E-state index contributed by atoms with van der Waals surface area (Å²) in [7, 11) is 0. The molecule has 1 atom stereocenters. The number of rotatable bonds is 7. The average molecular weight is 290 g/mol. The van der Waals surface area contributed by atoms with E-state index in [1.54, 1.807) is 18.4 Å². The fourth-order valence-corrected chi connectivity index (χ4v) is 2.23. The minimum absolute atomic E-state index is 0.0323. The molecule has 3 N–H and O–H groups in total. The summed E-state index contributed by atoms with van der Waals surface area (Å²) in [5.41, 5.74) is 5.66. The number of carbonyl (C=O) groups excluding carboxylic acids is 1. The molecule has 112 valence electrons. The van der Waals surface area contributed by atoms with Crippen LogP contribution in [0.2, 0.25) is 0 Å². The highest BCUT2D eigenvalue weighted by molar-refractivity contribution is 5.76. The zero-order valence-corrected chi connectivity index (χ0v) is 11.6. The summed E-state index contributed by atoms with van der Waals surface area (Å²) in [4.78, 5) is 16.1. The Hall–Kier alpha value is -2.15. The average Bonchev–Trinajstić information content (AvgIpc) is 3.01. The van der Waals surface area contributed by atoms with Crippen LogP contribution < -0.4 is 11.1 Å². The van der Waals surface area contributed by atoms with Crippen LogP contribution in [0.5, 0.6) is 0 Å². The van der Waals surface area contributed by atoms with E-state index < -0.39 is 0 Å². The summed E-state index contributed by atoms with van der Waals surface area (Å²) >= 11 is 0. The van der Waals surface area contributed by atoms with Gasteiger partial charge in [-0.15, -0.1) is 0 Å². The van der Waals surface area contributed by atoms with E-state index in [2.05, 4.69) is 15.5 Å². The third-order valence-corrected chi connectivity index (χ3v) is 3.57. The van der Waals surface area contributed by atoms with Crippen LogP contribution >= 0.6 is 0 Å². The Morgan fingerprint density at radius 3 is 3.05 bits per heavy atom. The molecule has 0 aliphatic heterocycles. The molecule has 1 unspecified atom stereocenters. The first-order chi connectivity index (χ1) is 10.3. The number of furan rings is 1. The molecule has 7 heteroatoms. The number of aromatic nitrogens is 2. The normalized spacial score (nSPS) is 15.9. The fraction of sp³-hybridized carbons (Fsp3) is 0.500. The summed E-state index contributed by atoms with van der Waals surface area (Å²) in [6.07, 6.45) is 4.56. The van der Waals surface area contributed by atoms with Crippen LogP contribution in [0.15, 0.2) is 27.3 Å². The van der Waals surface area contributed by atoms with Gasteiger partial charge in [-0.1, -0.05) is 5.16 Å². The number of hydrogen-bond acceptors (Lipinski definition) is 6. The zero-order chi connectivity index (χ0) is 14.7. The number of amides is 1. The molecule has 21 heavy (non-hydrogen) atoms. The molecular formula is C14H18N4O3. The molecule has 0 bridgehead atoms. The van der Waals surface area contributed by atoms with E-state index >= 15 is 0 Å². The van der Waals surface area contributed by atoms with Gasteiger partial charge in [-0.3, -0.25) is 4.79 Å². The second-order valence-corrected chi connectivity index (χ2v) is 5.24. The monoisotopic (exact) mass is 290 g/mol. The molecule has 7 nitrogen and oxygen atoms in total. The van der Waals surface area contributed by atoms with Gasteiger partial charge >= 0.3 is 0 Å². The van der Waals surface area contributed by atoms with Gasteiger partial charge in [0, 0.05) is 25.4 Å². The number of nitrogens with one attached hydrogen (secondary N) is 1. The van der Waals surface area contributed by atoms with E-state index in [4.69, 9.17) is 14.7 Å². The molecule has 1 aliphatic rings. The lowest BCUT2D eigenvalue weighted by Crippen LogP contribution is -2.41. The summed E-state index contributed by atoms with van der Waals surface area (Å²) in [5, 5.41) is 6.78. The van der Waals surface area contributed by atoms with E-state index in [-0.39, 0.29) is 11.9 Å². The summed E-state index contributed by atoms with van der Waals surface area (Å²) in [6.45, 7) is 0.486. The predicted octanol–water partition coefficient (Wildman–Crippen LogP) is 1.12. The Morgan fingerprint density at radius 2 is 2.38 bits per heavy atom. The van der Waals surface area contributed by atoms with Crippen LogP contribution in [-0.4, -0.2) is 28.6 Å². The minimum atomic E-state index is -0.0323. The first-order valence-corrected chi connectivity index (χ1v) is 7.12. The van der Waals surface area contributed by atoms with Crippen molar-refractivity contribution >= 4 is 5.91 Å². The van der Waals surface area contributed by atoms with Crippen molar-refractivity contribution in [3.05, 3.63) is 24.3 Å². The van der Waals surface area contributed by atoms with E-state index in [1.165, 1.54) is 0 Å². The molecule has 2 aromatic heterocycles. The summed E-state index contributed by atoms with van der Waals surface area (Å²) < 4.78 is 10.3. The van der Waals surface area contributed by atoms with Gasteiger partial charge in [-0.2, -0.15) is 4.98 Å². The Morgan fingerprint density at radius 1 is 1.52 bits per heavy atom. The number of nitrogens with two attached hydrogens (primary N) is 1. The molecule has 1 amide bonds. The molecule has 0 spiro atoms. The van der Waals surface area contributed by atoms with Gasteiger partial charge in [0.1, 0.15) is 0 Å². The van der Waals surface area contributed by atoms with Crippen LogP contribution in [0.4, 0.5) is 0 Å². The van der Waals surface area contributed by atoms with E-state index in [1.807, 2.05) is 0 Å². The molecule has 2 aromatic rings. The molecule has 1 fully saturated rings. The minimum Gasteiger partial charge on any atom is -0.461 e. The second kappa shape index (κ2) is 6.09. The van der Waals surface area contributed by atoms with Gasteiger partial charge in [0.2, 0.25) is 17.6 Å². The maximum absolute atomic E-state index is 11.9. The number of hydrogen-bond donors (Lipinski definition) is 2. The predicted molar refractivity (Wildman–Crippen MR) is 74.0 cm³/mol. The van der Waals surface area contributed by atoms with E-state index in [9.17, 15) is 4.79 Å². The first-order valence-electron chi connectivity index (χ1n) is 7.12. The first kappa shape index (κ1) is 13.8. The molecule has 2 heterocycles. The van der Waals surface area contributed by atoms with Gasteiger partial charge in [0.15, 0.2) is 5.76 Å². The van der Waals surface area contributed by atoms with Gasteiger partial charge in [-0.25, -0.2) is 0 Å². The van der Waals surface area contributed by atoms with E-state index in [0.717, 1.165) is 12.8 Å². The third kappa shape index (κ3) is 3.49. The van der Waals surface area contributed by atoms with Crippen LogP contribution in [0, 0.1) is 5.92 Å². The topological polar surface area (TPSA) is 107 Å². The lowest BCUT2D eigenvalue weighted by atomic mass is 10.1. The maximum atomic E-state index is 11.9. The van der Waals surface area contributed by atoms with Crippen molar-refractivity contribution in [2.75, 3.05) is 6.54 Å². The summed E-state index contributed by atoms with van der Waals surface area (Å²) in [5.74, 6) is 1.88. The Bertz CT molecular complexity index is 589. The SMILES string of the molecule is NCC(NC(=O)CCc1nc(-c2ccco2)no1)C1CC1. The van der Waals surface area contributed by atoms with Crippen molar-refractivity contribution < 1.29 is 13.7 Å². The smallest absolute Gasteiger partial charge is 0.238 e. The van der Waals surface area contributed by atoms with Crippen LogP contribution in [0.3, 0.4) is 0 Å². The van der Waals surface area contributed by atoms with Crippen molar-refractivity contribution in [2.45, 2.75) is 31.7 Å². The zero-order valence-electron chi connectivity index (χ0n) is 11.6. The third-order valence-electron chi connectivity index (χ3n) is 3.57. The lowest BCUT2D eigenvalue weighted by Gasteiger charge is -2.15. The van der Waals surface area contributed by atoms with E-state index in [0.29, 0.717) is 42.8 Å². The van der Waals surface area contributed by atoms with Gasteiger partial charge < -0.3 is 20.0 Å². The van der Waals surface area contributed by atoms with Crippen molar-refractivity contribution in [2.24, 2.45) is 11.7 Å². The molecule has 0 aromatic carbocycles. The Kier molecular flexibility index (Phi) is 4.01. The number of carbonyl (C=O) groups is 1. The molecule has 3 rings (SSSR count). The standard InChI is InChI=1S/C14H18N4O3/c15-8-10(9-3-4-9)16-12(19)5-6-13-17-14(18-21-13)11-2-1-7-20-11/h1-2,7,9-10H,3-6,8,15H2,(H,16,19). The highest BCUT2D eigenvalue weighted by Crippen LogP contribution is 2.32. The number of nitrogens with zero attached hydrogens (tertiary/aromatic N) is 2. The molecule has 1 aliphatic carbocycles. The van der Waals surface area contributed by atoms with Gasteiger partial charge in [0.25, 0.3) is 0 Å². The van der Waals surface area contributed by atoms with Crippen LogP contribution in [0.25, 0.3) is 11.6 Å². The highest BCUT2D eigenvalue weighted by atomic mass is 16.5. The van der Waals surface area contributed by atoms with Gasteiger partial charge in [-0.05, 0) is 30.9 Å². The second-order valence-electron chi connectivity index (χ2n) is 5.24. The molecule has 0 saturated heterocycles. The summed E-state index contributed by atoms with van der Waals surface area (Å²) in [6, 6.07) is 3.60. The maximum Gasteiger partial charge on any atom is 0.238 e. The largest absolute Gasteiger partial charge is 0.461 e. The quantitative estimate of drug-likeness (QED) is 0.791. The van der Waals surface area contributed by atoms with Crippen molar-refractivity contribution in [3.63, 3.8) is 0 Å². The Balaban J connectivity index is 1.49. The molecule has 1 saturated carbocycles. The van der Waals surface area contributed by atoms with Crippen LogP contribution in [-0.2, 0) is 11.2 Å². The number of aryl methyl sites for hydroxylation is 1. The van der Waals surface area contributed by atoms with Crippen molar-refractivity contribution in [1.82, 2.24) is 15.5 Å². The van der Waals surface area contributed by atoms with Gasteiger partial charge in [0.05, 0.1) is 6.26 Å². The fourth-order valence-electron chi connectivity index (χ4n) is 2.23. The Labute approximate surface area is 121 Å². The van der Waals surface area contributed by atoms with Crippen molar-refractivity contribution in [3.8, 4) is 11.6 Å². The van der Waals surface area contributed by atoms with Crippen molar-refractivity contribution in [1.29, 1.82) is 0 Å². The van der Waals surface area contributed by atoms with Crippen LogP contribution in [0.1, 0.15) is 25.2 Å². The molecular weight excluding hydrogens is 272 g/mol. The lowest BCUT2D eigenvalue weighted by molar-refractivity contribution is -0.121. The highest BCUT2D eigenvalue weighted by Gasteiger charge is 2.31.